The summed E-state index contributed by atoms with van der Waals surface area (Å²) in [6.45, 7) is 8.39. The van der Waals surface area contributed by atoms with E-state index in [1.165, 1.54) is 0 Å². The lowest BCUT2D eigenvalue weighted by molar-refractivity contribution is -0.157. The Morgan fingerprint density at radius 2 is 1.65 bits per heavy atom. The molecule has 1 aliphatic heterocycles. The molecular formula is C17H18BrNO4. The summed E-state index contributed by atoms with van der Waals surface area (Å²) in [4.78, 5) is 25.0. The molecule has 1 aromatic rings. The molecule has 5 nitrogen and oxygen atoms in total. The highest BCUT2D eigenvalue weighted by atomic mass is 79.9. The first-order valence-corrected chi connectivity index (χ1v) is 7.94. The van der Waals surface area contributed by atoms with Crippen LogP contribution in [0.25, 0.3) is 0 Å². The molecule has 0 aliphatic carbocycles. The molecule has 0 bridgehead atoms. The van der Waals surface area contributed by atoms with Gasteiger partial charge in [0.1, 0.15) is 0 Å². The van der Waals surface area contributed by atoms with Crippen LogP contribution in [0.15, 0.2) is 54.0 Å². The fourth-order valence-corrected chi connectivity index (χ4v) is 2.85. The number of likely N-dealkylation sites (tertiary alicyclic amines) is 1. The third-order valence-electron chi connectivity index (χ3n) is 3.51. The average molecular weight is 380 g/mol. The highest BCUT2D eigenvalue weighted by Crippen LogP contribution is 2.23. The van der Waals surface area contributed by atoms with Crippen molar-refractivity contribution in [2.24, 2.45) is 0 Å². The lowest BCUT2D eigenvalue weighted by Crippen LogP contribution is -2.33. The summed E-state index contributed by atoms with van der Waals surface area (Å²) in [5.41, 5.74) is 1.11. The first-order valence-electron chi connectivity index (χ1n) is 7.15. The molecule has 1 heterocycles. The molecule has 6 heteroatoms. The van der Waals surface area contributed by atoms with Gasteiger partial charge in [-0.2, -0.15) is 0 Å². The summed E-state index contributed by atoms with van der Waals surface area (Å²) in [7, 11) is 0. The minimum atomic E-state index is -0.530. The van der Waals surface area contributed by atoms with Crippen molar-refractivity contribution in [3.8, 4) is 0 Å². The summed E-state index contributed by atoms with van der Waals surface area (Å²) < 4.78 is 11.6. The number of rotatable bonds is 6. The summed E-state index contributed by atoms with van der Waals surface area (Å²) in [5.74, 6) is -1.06. The molecule has 1 aromatic carbocycles. The van der Waals surface area contributed by atoms with Gasteiger partial charge < -0.3 is 9.47 Å². The number of carbonyl (C=O) groups excluding carboxylic acids is 2. The second-order valence-corrected chi connectivity index (χ2v) is 6.00. The Hall–Kier alpha value is -1.92. The molecule has 23 heavy (non-hydrogen) atoms. The average Bonchev–Trinajstić information content (AvgIpc) is 2.90. The number of hydrogen-bond donors (Lipinski definition) is 0. The van der Waals surface area contributed by atoms with Crippen LogP contribution in [0.1, 0.15) is 5.56 Å². The molecule has 0 radical (unpaired) electrons. The standard InChI is InChI=1S/C17H18BrNO4/c1-3-16(20)22-14-10-19(11-15(14)23-17(21)4-2)9-12-7-5-6-8-13(12)18/h3-8,14-15H,1-2,9-11H2/t14-,15-/m0/s1. The quantitative estimate of drug-likeness (QED) is 0.561. The zero-order valence-corrected chi connectivity index (χ0v) is 14.2. The highest BCUT2D eigenvalue weighted by molar-refractivity contribution is 9.10. The topological polar surface area (TPSA) is 55.8 Å². The number of nitrogens with zero attached hydrogens (tertiary/aromatic N) is 1. The lowest BCUT2D eigenvalue weighted by Gasteiger charge is -2.17. The predicted molar refractivity (Wildman–Crippen MR) is 89.6 cm³/mol. The first-order chi connectivity index (χ1) is 11.0. The second kappa shape index (κ2) is 8.08. The third kappa shape index (κ3) is 4.77. The van der Waals surface area contributed by atoms with E-state index in [-0.39, 0.29) is 0 Å². The van der Waals surface area contributed by atoms with Gasteiger partial charge in [-0.3, -0.25) is 4.90 Å². The fourth-order valence-electron chi connectivity index (χ4n) is 2.44. The number of halogens is 1. The molecule has 0 N–H and O–H groups in total. The maximum atomic E-state index is 11.5. The van der Waals surface area contributed by atoms with Gasteiger partial charge in [-0.05, 0) is 11.6 Å². The van der Waals surface area contributed by atoms with Crippen molar-refractivity contribution in [2.45, 2.75) is 18.8 Å². The van der Waals surface area contributed by atoms with Crippen LogP contribution < -0.4 is 0 Å². The van der Waals surface area contributed by atoms with Gasteiger partial charge in [0.05, 0.1) is 0 Å². The summed E-state index contributed by atoms with van der Waals surface area (Å²) in [5, 5.41) is 0. The fraction of sp³-hybridized carbons (Fsp3) is 0.294. The van der Waals surface area contributed by atoms with Crippen molar-refractivity contribution in [1.82, 2.24) is 4.90 Å². The van der Waals surface area contributed by atoms with Gasteiger partial charge in [0.15, 0.2) is 12.2 Å². The molecule has 122 valence electrons. The van der Waals surface area contributed by atoms with Crippen molar-refractivity contribution < 1.29 is 19.1 Å². The van der Waals surface area contributed by atoms with Crippen molar-refractivity contribution >= 4 is 27.9 Å². The normalized spacial score (nSPS) is 20.7. The maximum Gasteiger partial charge on any atom is 0.330 e. The summed E-state index contributed by atoms with van der Waals surface area (Å²) >= 11 is 3.51. The number of ether oxygens (including phenoxy) is 2. The number of benzene rings is 1. The van der Waals surface area contributed by atoms with Crippen molar-refractivity contribution in [2.75, 3.05) is 13.1 Å². The molecule has 0 saturated carbocycles. The maximum absolute atomic E-state index is 11.5. The summed E-state index contributed by atoms with van der Waals surface area (Å²) in [6, 6.07) is 7.88. The Morgan fingerprint density at radius 1 is 1.13 bits per heavy atom. The number of carbonyl (C=O) groups is 2. The molecule has 2 rings (SSSR count). The Labute approximate surface area is 143 Å². The number of hydrogen-bond acceptors (Lipinski definition) is 5. The van der Waals surface area contributed by atoms with Crippen molar-refractivity contribution in [3.05, 3.63) is 59.6 Å². The van der Waals surface area contributed by atoms with Crippen LogP contribution >= 0.6 is 15.9 Å². The van der Waals surface area contributed by atoms with Crippen molar-refractivity contribution in [1.29, 1.82) is 0 Å². The highest BCUT2D eigenvalue weighted by Gasteiger charge is 2.37. The van der Waals surface area contributed by atoms with Gasteiger partial charge in [-0.15, -0.1) is 0 Å². The largest absolute Gasteiger partial charge is 0.454 e. The molecule has 0 aromatic heterocycles. The van der Waals surface area contributed by atoms with Crippen LogP contribution in [0.3, 0.4) is 0 Å². The van der Waals surface area contributed by atoms with E-state index in [1.807, 2.05) is 24.3 Å². The van der Waals surface area contributed by atoms with E-state index in [0.29, 0.717) is 19.6 Å². The zero-order chi connectivity index (χ0) is 16.8. The Morgan fingerprint density at radius 3 is 2.13 bits per heavy atom. The van der Waals surface area contributed by atoms with E-state index in [0.717, 1.165) is 22.2 Å². The first kappa shape index (κ1) is 17.4. The minimum absolute atomic E-state index is 0.482. The van der Waals surface area contributed by atoms with E-state index in [1.54, 1.807) is 0 Å². The van der Waals surface area contributed by atoms with Crippen LogP contribution in [0.5, 0.6) is 0 Å². The van der Waals surface area contributed by atoms with E-state index in [4.69, 9.17) is 9.47 Å². The molecule has 0 unspecified atom stereocenters. The second-order valence-electron chi connectivity index (χ2n) is 5.14. The molecule has 1 aliphatic rings. The molecule has 2 atom stereocenters. The van der Waals surface area contributed by atoms with Crippen LogP contribution in [0.2, 0.25) is 0 Å². The third-order valence-corrected chi connectivity index (χ3v) is 4.28. The Bertz CT molecular complexity index is 586. The van der Waals surface area contributed by atoms with Gasteiger partial charge in [-0.1, -0.05) is 47.3 Å². The molecule has 0 amide bonds. The Balaban J connectivity index is 2.07. The molecule has 1 saturated heterocycles. The van der Waals surface area contributed by atoms with Gasteiger partial charge in [0, 0.05) is 36.3 Å². The lowest BCUT2D eigenvalue weighted by atomic mass is 10.2. The van der Waals surface area contributed by atoms with E-state index in [2.05, 4.69) is 34.0 Å². The zero-order valence-electron chi connectivity index (χ0n) is 12.6. The molecule has 1 fully saturated rings. The SMILES string of the molecule is C=CC(=O)O[C@H]1CN(Cc2ccccc2Br)C[C@@H]1OC(=O)C=C. The van der Waals surface area contributed by atoms with E-state index in [9.17, 15) is 9.59 Å². The van der Waals surface area contributed by atoms with Crippen LogP contribution in [0.4, 0.5) is 0 Å². The van der Waals surface area contributed by atoms with E-state index < -0.39 is 24.1 Å². The van der Waals surface area contributed by atoms with Gasteiger partial charge in [0.25, 0.3) is 0 Å². The van der Waals surface area contributed by atoms with Crippen LogP contribution in [-0.2, 0) is 25.6 Å². The molecule has 0 spiro atoms. The Kier molecular flexibility index (Phi) is 6.12. The monoisotopic (exact) mass is 379 g/mol. The molecular weight excluding hydrogens is 362 g/mol. The predicted octanol–water partition coefficient (Wildman–Crippen LogP) is 2.46. The van der Waals surface area contributed by atoms with Crippen LogP contribution in [0, 0.1) is 0 Å². The van der Waals surface area contributed by atoms with Crippen molar-refractivity contribution in [3.63, 3.8) is 0 Å². The minimum Gasteiger partial charge on any atom is -0.454 e. The van der Waals surface area contributed by atoms with Gasteiger partial charge >= 0.3 is 11.9 Å². The number of esters is 2. The van der Waals surface area contributed by atoms with Crippen LogP contribution in [-0.4, -0.2) is 42.1 Å². The summed E-state index contributed by atoms with van der Waals surface area (Å²) in [6.07, 6.45) is 1.16. The van der Waals surface area contributed by atoms with Gasteiger partial charge in [-0.25, -0.2) is 9.59 Å². The van der Waals surface area contributed by atoms with E-state index >= 15 is 0 Å². The van der Waals surface area contributed by atoms with Gasteiger partial charge in [0.2, 0.25) is 0 Å². The smallest absolute Gasteiger partial charge is 0.330 e.